The van der Waals surface area contributed by atoms with Gasteiger partial charge in [-0.25, -0.2) is 4.98 Å². The van der Waals surface area contributed by atoms with Crippen molar-refractivity contribution in [3.8, 4) is 5.88 Å². The summed E-state index contributed by atoms with van der Waals surface area (Å²) in [4.78, 5) is 8.38. The van der Waals surface area contributed by atoms with E-state index in [4.69, 9.17) is 9.47 Å². The normalized spacial score (nSPS) is 14.7. The van der Waals surface area contributed by atoms with Crippen molar-refractivity contribution in [2.75, 3.05) is 33.9 Å². The van der Waals surface area contributed by atoms with Gasteiger partial charge in [-0.15, -0.1) is 0 Å². The van der Waals surface area contributed by atoms with E-state index in [2.05, 4.69) is 20.6 Å². The number of hydrogen-bond acceptors (Lipinski definition) is 4. The zero-order valence-electron chi connectivity index (χ0n) is 13.5. The molecule has 1 fully saturated rings. The summed E-state index contributed by atoms with van der Waals surface area (Å²) in [7, 11) is 3.39. The van der Waals surface area contributed by atoms with Crippen LogP contribution >= 0.6 is 0 Å². The fourth-order valence-electron chi connectivity index (χ4n) is 2.06. The first-order valence-electron chi connectivity index (χ1n) is 7.83. The standard InChI is InChI=1S/C16H26N4O2/c1-17-16(19-9-4-10-22-12-13-6-7-13)20-11-14-5-3-8-18-15(14)21-2/h3,5,8,13H,4,6-7,9-12H2,1-2H3,(H2,17,19,20). The molecule has 0 spiro atoms. The van der Waals surface area contributed by atoms with Crippen molar-refractivity contribution >= 4 is 5.96 Å². The van der Waals surface area contributed by atoms with Crippen LogP contribution in [0.5, 0.6) is 5.88 Å². The van der Waals surface area contributed by atoms with Crippen LogP contribution in [0.3, 0.4) is 0 Å². The molecule has 1 aliphatic rings. The molecule has 0 amide bonds. The lowest BCUT2D eigenvalue weighted by molar-refractivity contribution is 0.123. The van der Waals surface area contributed by atoms with E-state index in [0.717, 1.165) is 43.6 Å². The van der Waals surface area contributed by atoms with Crippen LogP contribution in [0, 0.1) is 5.92 Å². The number of nitrogens with one attached hydrogen (secondary N) is 2. The number of methoxy groups -OCH3 is 1. The Hall–Kier alpha value is -1.82. The number of guanidine groups is 1. The molecule has 6 nitrogen and oxygen atoms in total. The summed E-state index contributed by atoms with van der Waals surface area (Å²) in [6.07, 6.45) is 5.37. The summed E-state index contributed by atoms with van der Waals surface area (Å²) in [5, 5.41) is 6.54. The van der Waals surface area contributed by atoms with Crippen LogP contribution < -0.4 is 15.4 Å². The first-order valence-corrected chi connectivity index (χ1v) is 7.83. The van der Waals surface area contributed by atoms with Crippen LogP contribution in [0.2, 0.25) is 0 Å². The molecule has 2 rings (SSSR count). The van der Waals surface area contributed by atoms with E-state index >= 15 is 0 Å². The second-order valence-corrected chi connectivity index (χ2v) is 5.40. The van der Waals surface area contributed by atoms with Gasteiger partial charge >= 0.3 is 0 Å². The Morgan fingerprint density at radius 3 is 3.00 bits per heavy atom. The third-order valence-corrected chi connectivity index (χ3v) is 3.52. The molecule has 1 aliphatic carbocycles. The van der Waals surface area contributed by atoms with E-state index in [1.807, 2.05) is 12.1 Å². The van der Waals surface area contributed by atoms with Gasteiger partial charge in [0.05, 0.1) is 7.11 Å². The first kappa shape index (κ1) is 16.5. The van der Waals surface area contributed by atoms with Crippen molar-refractivity contribution in [3.63, 3.8) is 0 Å². The van der Waals surface area contributed by atoms with Crippen molar-refractivity contribution in [2.24, 2.45) is 10.9 Å². The fraction of sp³-hybridized carbons (Fsp3) is 0.625. The minimum Gasteiger partial charge on any atom is -0.481 e. The topological polar surface area (TPSA) is 67.8 Å². The van der Waals surface area contributed by atoms with E-state index in [9.17, 15) is 0 Å². The molecule has 0 aromatic carbocycles. The van der Waals surface area contributed by atoms with E-state index in [-0.39, 0.29) is 0 Å². The second-order valence-electron chi connectivity index (χ2n) is 5.40. The predicted molar refractivity (Wildman–Crippen MR) is 87.2 cm³/mol. The number of rotatable bonds is 9. The largest absolute Gasteiger partial charge is 0.481 e. The minimum atomic E-state index is 0.620. The number of ether oxygens (including phenoxy) is 2. The summed E-state index contributed by atoms with van der Waals surface area (Å²) in [5.74, 6) is 2.24. The predicted octanol–water partition coefficient (Wildman–Crippen LogP) is 1.57. The lowest BCUT2D eigenvalue weighted by Gasteiger charge is -2.13. The van der Waals surface area contributed by atoms with Crippen LogP contribution in [-0.4, -0.2) is 44.9 Å². The van der Waals surface area contributed by atoms with Gasteiger partial charge in [-0.2, -0.15) is 0 Å². The molecule has 0 radical (unpaired) electrons. The third kappa shape index (κ3) is 5.89. The zero-order valence-corrected chi connectivity index (χ0v) is 13.5. The molecule has 0 aliphatic heterocycles. The average Bonchev–Trinajstić information content (AvgIpc) is 3.38. The number of nitrogens with zero attached hydrogens (tertiary/aromatic N) is 2. The van der Waals surface area contributed by atoms with Gasteiger partial charge in [0, 0.05) is 45.1 Å². The highest BCUT2D eigenvalue weighted by Crippen LogP contribution is 2.28. The maximum absolute atomic E-state index is 5.61. The van der Waals surface area contributed by atoms with Crippen molar-refractivity contribution in [1.29, 1.82) is 0 Å². The molecule has 1 saturated carbocycles. The molecule has 0 atom stereocenters. The number of aliphatic imine (C=N–C) groups is 1. The van der Waals surface area contributed by atoms with Gasteiger partial charge in [-0.1, -0.05) is 6.07 Å². The van der Waals surface area contributed by atoms with Gasteiger partial charge in [0.1, 0.15) is 0 Å². The second kappa shape index (κ2) is 9.25. The van der Waals surface area contributed by atoms with Gasteiger partial charge in [0.15, 0.2) is 5.96 Å². The van der Waals surface area contributed by atoms with Crippen molar-refractivity contribution in [2.45, 2.75) is 25.8 Å². The van der Waals surface area contributed by atoms with Crippen LogP contribution in [0.1, 0.15) is 24.8 Å². The molecule has 6 heteroatoms. The average molecular weight is 306 g/mol. The van der Waals surface area contributed by atoms with Gasteiger partial charge in [0.2, 0.25) is 5.88 Å². The molecule has 0 unspecified atom stereocenters. The number of aromatic nitrogens is 1. The van der Waals surface area contributed by atoms with E-state index in [0.29, 0.717) is 12.4 Å². The fourth-order valence-corrected chi connectivity index (χ4v) is 2.06. The molecule has 0 saturated heterocycles. The van der Waals surface area contributed by atoms with Crippen LogP contribution in [-0.2, 0) is 11.3 Å². The molecule has 122 valence electrons. The van der Waals surface area contributed by atoms with Gasteiger partial charge in [-0.3, -0.25) is 4.99 Å². The summed E-state index contributed by atoms with van der Waals surface area (Å²) < 4.78 is 10.8. The van der Waals surface area contributed by atoms with Crippen molar-refractivity contribution < 1.29 is 9.47 Å². The van der Waals surface area contributed by atoms with E-state index in [1.165, 1.54) is 12.8 Å². The molecule has 1 heterocycles. The molecular weight excluding hydrogens is 280 g/mol. The Morgan fingerprint density at radius 1 is 1.41 bits per heavy atom. The number of hydrogen-bond donors (Lipinski definition) is 2. The molecule has 1 aromatic rings. The highest BCUT2D eigenvalue weighted by Gasteiger charge is 2.20. The highest BCUT2D eigenvalue weighted by molar-refractivity contribution is 5.79. The Labute approximate surface area is 132 Å². The summed E-state index contributed by atoms with van der Waals surface area (Å²) >= 11 is 0. The molecule has 1 aromatic heterocycles. The molecule has 2 N–H and O–H groups in total. The van der Waals surface area contributed by atoms with Crippen LogP contribution in [0.4, 0.5) is 0 Å². The SMILES string of the molecule is CN=C(NCCCOCC1CC1)NCc1cccnc1OC. The summed E-state index contributed by atoms with van der Waals surface area (Å²) in [5.41, 5.74) is 1.00. The van der Waals surface area contributed by atoms with Gasteiger partial charge < -0.3 is 20.1 Å². The molecule has 22 heavy (non-hydrogen) atoms. The van der Waals surface area contributed by atoms with Crippen LogP contribution in [0.15, 0.2) is 23.3 Å². The van der Waals surface area contributed by atoms with E-state index < -0.39 is 0 Å². The Morgan fingerprint density at radius 2 is 2.27 bits per heavy atom. The van der Waals surface area contributed by atoms with Gasteiger partial charge in [-0.05, 0) is 31.2 Å². The van der Waals surface area contributed by atoms with Crippen LogP contribution in [0.25, 0.3) is 0 Å². The highest BCUT2D eigenvalue weighted by atomic mass is 16.5. The summed E-state index contributed by atoms with van der Waals surface area (Å²) in [6.45, 7) is 3.19. The lowest BCUT2D eigenvalue weighted by atomic mass is 10.2. The zero-order chi connectivity index (χ0) is 15.6. The number of pyridine rings is 1. The smallest absolute Gasteiger partial charge is 0.218 e. The first-order chi connectivity index (χ1) is 10.8. The monoisotopic (exact) mass is 306 g/mol. The Kier molecular flexibility index (Phi) is 6.96. The van der Waals surface area contributed by atoms with E-state index in [1.54, 1.807) is 20.4 Å². The maximum atomic E-state index is 5.61. The maximum Gasteiger partial charge on any atom is 0.218 e. The van der Waals surface area contributed by atoms with Crippen molar-refractivity contribution in [3.05, 3.63) is 23.9 Å². The molecular formula is C16H26N4O2. The summed E-state index contributed by atoms with van der Waals surface area (Å²) in [6, 6.07) is 3.88. The third-order valence-electron chi connectivity index (χ3n) is 3.52. The minimum absolute atomic E-state index is 0.620. The van der Waals surface area contributed by atoms with Crippen molar-refractivity contribution in [1.82, 2.24) is 15.6 Å². The van der Waals surface area contributed by atoms with Gasteiger partial charge in [0.25, 0.3) is 0 Å². The quantitative estimate of drug-likeness (QED) is 0.412. The lowest BCUT2D eigenvalue weighted by Crippen LogP contribution is -2.37. The Bertz CT molecular complexity index is 475. The molecule has 0 bridgehead atoms. The Balaban J connectivity index is 1.61.